The van der Waals surface area contributed by atoms with E-state index < -0.39 is 5.91 Å². The number of benzene rings is 3. The van der Waals surface area contributed by atoms with Gasteiger partial charge in [0.15, 0.2) is 0 Å². The summed E-state index contributed by atoms with van der Waals surface area (Å²) < 4.78 is 8.67. The van der Waals surface area contributed by atoms with E-state index in [9.17, 15) is 9.59 Å². The fraction of sp³-hybridized carbons (Fsp3) is 0.189. The van der Waals surface area contributed by atoms with Crippen molar-refractivity contribution in [3.05, 3.63) is 102 Å². The highest BCUT2D eigenvalue weighted by molar-refractivity contribution is 6.10. The van der Waals surface area contributed by atoms with E-state index in [0.29, 0.717) is 25.3 Å². The lowest BCUT2D eigenvalue weighted by Crippen LogP contribution is -2.29. The summed E-state index contributed by atoms with van der Waals surface area (Å²) in [7, 11) is 0. The smallest absolute Gasteiger partial charge is 0.271 e. The molecule has 1 aliphatic rings. The first-order valence-electron chi connectivity index (χ1n) is 15.0. The molecule has 46 heavy (non-hydrogen) atoms. The number of aromatic nitrogens is 1. The number of nitrogens with one attached hydrogen (secondary N) is 2. The number of aliphatic imine (C=N–C) groups is 2. The van der Waals surface area contributed by atoms with Crippen molar-refractivity contribution in [2.75, 3.05) is 19.8 Å². The van der Waals surface area contributed by atoms with E-state index in [1.54, 1.807) is 6.34 Å². The number of amides is 2. The number of nitrogens with zero attached hydrogens (tertiary/aromatic N) is 4. The van der Waals surface area contributed by atoms with Gasteiger partial charge in [-0.25, -0.2) is 9.57 Å². The van der Waals surface area contributed by atoms with Crippen LogP contribution < -0.4 is 5.32 Å². The Balaban J connectivity index is 1.31. The Morgan fingerprint density at radius 2 is 1.70 bits per heavy atom. The van der Waals surface area contributed by atoms with Crippen LogP contribution in [0.25, 0.3) is 22.4 Å². The van der Waals surface area contributed by atoms with Gasteiger partial charge in [-0.1, -0.05) is 89.6 Å². The molecule has 230 valence electrons. The molecule has 0 unspecified atom stereocenters. The van der Waals surface area contributed by atoms with Gasteiger partial charge in [-0.15, -0.1) is 0 Å². The summed E-state index contributed by atoms with van der Waals surface area (Å²) in [6.07, 6.45) is 3.89. The van der Waals surface area contributed by atoms with Crippen LogP contribution in [0.2, 0.25) is 0 Å². The molecule has 1 aromatic heterocycles. The van der Waals surface area contributed by atoms with E-state index in [4.69, 9.17) is 15.1 Å². The fourth-order valence-electron chi connectivity index (χ4n) is 5.21. The van der Waals surface area contributed by atoms with Crippen molar-refractivity contribution in [2.24, 2.45) is 9.98 Å². The predicted octanol–water partition coefficient (Wildman–Crippen LogP) is 5.46. The summed E-state index contributed by atoms with van der Waals surface area (Å²) in [5, 5.41) is 11.7. The lowest BCUT2D eigenvalue weighted by atomic mass is 9.96. The topological polar surface area (TPSA) is 112 Å². The molecule has 9 nitrogen and oxygen atoms in total. The van der Waals surface area contributed by atoms with Gasteiger partial charge >= 0.3 is 0 Å². The quantitative estimate of drug-likeness (QED) is 0.0960. The molecule has 0 saturated carbocycles. The van der Waals surface area contributed by atoms with Crippen LogP contribution in [0.4, 0.5) is 5.82 Å². The third-order valence-electron chi connectivity index (χ3n) is 7.38. The maximum atomic E-state index is 11.8. The van der Waals surface area contributed by atoms with Gasteiger partial charge in [0.05, 0.1) is 12.2 Å². The van der Waals surface area contributed by atoms with Gasteiger partial charge in [0, 0.05) is 30.8 Å². The van der Waals surface area contributed by atoms with Gasteiger partial charge in [0.1, 0.15) is 18.8 Å². The second-order valence-corrected chi connectivity index (χ2v) is 10.7. The van der Waals surface area contributed by atoms with Crippen molar-refractivity contribution in [3.8, 4) is 34.2 Å². The highest BCUT2D eigenvalue weighted by atomic mass is 16.5. The van der Waals surface area contributed by atoms with Gasteiger partial charge in [-0.05, 0) is 48.4 Å². The maximum absolute atomic E-state index is 11.8. The Morgan fingerprint density at radius 3 is 2.43 bits per heavy atom. The van der Waals surface area contributed by atoms with Crippen molar-refractivity contribution in [2.45, 2.75) is 25.8 Å². The zero-order valence-corrected chi connectivity index (χ0v) is 25.5. The summed E-state index contributed by atoms with van der Waals surface area (Å²) in [6, 6.07) is 28.5. The number of ether oxygens (including phenoxy) is 1. The first kappa shape index (κ1) is 31.7. The number of hydrogen-bond acceptors (Lipinski definition) is 5. The van der Waals surface area contributed by atoms with Crippen LogP contribution in [-0.4, -0.2) is 66.3 Å². The molecule has 2 N–H and O–H groups in total. The molecule has 9 heteroatoms. The van der Waals surface area contributed by atoms with E-state index in [-0.39, 0.29) is 19.1 Å². The van der Waals surface area contributed by atoms with Crippen LogP contribution in [0.5, 0.6) is 0 Å². The Morgan fingerprint density at radius 1 is 0.957 bits per heavy atom. The van der Waals surface area contributed by atoms with E-state index >= 15 is 0 Å². The van der Waals surface area contributed by atoms with Gasteiger partial charge in [0.2, 0.25) is 18.1 Å². The molecular weight excluding hydrogens is 576 g/mol. The molecule has 2 heterocycles. The van der Waals surface area contributed by atoms with Crippen molar-refractivity contribution >= 4 is 43.2 Å². The highest BCUT2D eigenvalue weighted by Crippen LogP contribution is 2.44. The molecule has 0 atom stereocenters. The molecule has 1 aliphatic heterocycles. The van der Waals surface area contributed by atoms with Crippen LogP contribution in [0.3, 0.4) is 0 Å². The molecule has 0 spiro atoms. The molecule has 0 bridgehead atoms. The minimum Gasteiger partial charge on any atom is -0.362 e. The van der Waals surface area contributed by atoms with Gasteiger partial charge < -0.3 is 14.6 Å². The van der Waals surface area contributed by atoms with E-state index in [0.717, 1.165) is 57.7 Å². The Labute approximate surface area is 268 Å². The van der Waals surface area contributed by atoms with Crippen molar-refractivity contribution in [1.82, 2.24) is 9.88 Å². The third-order valence-corrected chi connectivity index (χ3v) is 7.38. The second-order valence-electron chi connectivity index (χ2n) is 10.7. The zero-order chi connectivity index (χ0) is 32.3. The normalized spacial score (nSPS) is 11.8. The van der Waals surface area contributed by atoms with Gasteiger partial charge in [0.25, 0.3) is 11.7 Å². The summed E-state index contributed by atoms with van der Waals surface area (Å²) in [5.74, 6) is 6.76. The average molecular weight is 612 g/mol. The number of unbranched alkanes of at least 4 members (excludes halogenated alkanes) is 2. The third kappa shape index (κ3) is 7.67. The Kier molecular flexibility index (Phi) is 10.6. The largest absolute Gasteiger partial charge is 0.362 e. The van der Waals surface area contributed by atoms with Crippen LogP contribution >= 0.6 is 0 Å². The lowest BCUT2D eigenvalue weighted by Gasteiger charge is -2.13. The van der Waals surface area contributed by atoms with Crippen molar-refractivity contribution in [3.63, 3.8) is 0 Å². The molecule has 3 aromatic carbocycles. The standard InChI is InChI=1S/C37H34N6O3/c1-39-31(44)24-46-25-32(45)40-21-12-4-3-7-14-27-15-13-16-28(22-27)23-43-35(30-19-10-6-11-20-30)33(29-17-8-5-9-18-29)34-36(38)42(2)26-41-37(34)43/h5-6,8-11,13,15-20,22,26,38H,1-4,12,21,23-25H2/p+1. The molecule has 5 rings (SSSR count). The predicted molar refractivity (Wildman–Crippen MR) is 182 cm³/mol. The average Bonchev–Trinajstić information content (AvgIpc) is 3.41. The summed E-state index contributed by atoms with van der Waals surface area (Å²) >= 11 is 0. The number of fused-ring (bicyclic) bond motifs is 1. The summed E-state index contributed by atoms with van der Waals surface area (Å²) in [6.45, 7) is 7.72. The fourth-order valence-corrected chi connectivity index (χ4v) is 5.21. The SMILES string of the molecule is C=NC(=O)COCC(=O)NCCCCC#Cc1cccc(Cn2c3c(c(-c4ccccc4)c2-c2ccccc2)C(=N)[N+](=C)C=N3)c1. The van der Waals surface area contributed by atoms with E-state index in [2.05, 4.69) is 76.6 Å². The van der Waals surface area contributed by atoms with Crippen LogP contribution in [-0.2, 0) is 20.9 Å². The maximum Gasteiger partial charge on any atom is 0.271 e. The molecule has 0 saturated heterocycles. The molecule has 2 amide bonds. The monoisotopic (exact) mass is 611 g/mol. The second kappa shape index (κ2) is 15.3. The minimum atomic E-state index is -0.504. The Bertz CT molecular complexity index is 1860. The first-order valence-corrected chi connectivity index (χ1v) is 15.0. The lowest BCUT2D eigenvalue weighted by molar-refractivity contribution is -0.246. The summed E-state index contributed by atoms with van der Waals surface area (Å²) in [5.41, 5.74) is 6.73. The van der Waals surface area contributed by atoms with Crippen LogP contribution in [0, 0.1) is 17.3 Å². The number of rotatable bonds is 12. The number of hydrogen-bond donors (Lipinski definition) is 2. The van der Waals surface area contributed by atoms with E-state index in [1.165, 1.54) is 4.58 Å². The van der Waals surface area contributed by atoms with Crippen molar-refractivity contribution < 1.29 is 18.9 Å². The van der Waals surface area contributed by atoms with Crippen LogP contribution in [0.15, 0.2) is 94.9 Å². The molecule has 0 radical (unpaired) electrons. The molecule has 4 aromatic rings. The van der Waals surface area contributed by atoms with Crippen LogP contribution in [0.1, 0.15) is 36.0 Å². The van der Waals surface area contributed by atoms with Gasteiger partial charge in [-0.2, -0.15) is 5.41 Å². The highest BCUT2D eigenvalue weighted by Gasteiger charge is 2.34. The van der Waals surface area contributed by atoms with E-state index in [1.807, 2.05) is 48.5 Å². The Hall–Kier alpha value is -5.72. The zero-order valence-electron chi connectivity index (χ0n) is 25.5. The minimum absolute atomic E-state index is 0.188. The molecule has 0 aliphatic carbocycles. The van der Waals surface area contributed by atoms with Crippen molar-refractivity contribution in [1.29, 1.82) is 5.41 Å². The number of amidine groups is 1. The molecular formula is C37H35N6O3+. The number of carbonyl (C=O) groups excluding carboxylic acids is 2. The first-order chi connectivity index (χ1) is 22.5. The number of carbonyl (C=O) groups is 2. The molecule has 0 fully saturated rings. The van der Waals surface area contributed by atoms with Gasteiger partial charge in [-0.3, -0.25) is 9.59 Å². The summed E-state index contributed by atoms with van der Waals surface area (Å²) in [4.78, 5) is 30.8.